The second kappa shape index (κ2) is 10.2. The Kier molecular flexibility index (Phi) is 7.13. The van der Waals surface area contributed by atoms with E-state index in [1.807, 2.05) is 24.7 Å². The topological polar surface area (TPSA) is 64.7 Å². The monoisotopic (exact) mass is 412 g/mol. The number of unbranched alkanes of at least 4 members (excludes halogenated alkanes) is 1. The maximum Gasteiger partial charge on any atom is 0.321 e. The molecule has 3 aliphatic heterocycles. The molecule has 0 bridgehead atoms. The number of likely N-dealkylation sites (tertiary alicyclic amines) is 1. The fourth-order valence-corrected chi connectivity index (χ4v) is 5.17. The van der Waals surface area contributed by atoms with Crippen molar-refractivity contribution in [3.8, 4) is 0 Å². The second-order valence-electron chi connectivity index (χ2n) is 9.21. The summed E-state index contributed by atoms with van der Waals surface area (Å²) >= 11 is 0. The van der Waals surface area contributed by atoms with Crippen molar-refractivity contribution in [3.63, 3.8) is 0 Å². The number of fused-ring (bicyclic) bond motifs is 1. The Labute approximate surface area is 180 Å². The molecule has 0 radical (unpaired) electrons. The van der Waals surface area contributed by atoms with E-state index in [-0.39, 0.29) is 6.03 Å². The van der Waals surface area contributed by atoms with E-state index in [4.69, 9.17) is 0 Å². The van der Waals surface area contributed by atoms with Gasteiger partial charge in [-0.05, 0) is 55.2 Å². The number of carbonyl (C=O) groups is 2. The summed E-state index contributed by atoms with van der Waals surface area (Å²) < 4.78 is 0. The molecule has 1 saturated carbocycles. The smallest absolute Gasteiger partial charge is 0.321 e. The number of dihydropyridines is 1. The Balaban J connectivity index is 1.07. The first kappa shape index (κ1) is 21.0. The van der Waals surface area contributed by atoms with Crippen LogP contribution >= 0.6 is 0 Å². The van der Waals surface area contributed by atoms with Gasteiger partial charge in [-0.1, -0.05) is 32.1 Å². The van der Waals surface area contributed by atoms with Crippen LogP contribution in [0, 0.1) is 11.8 Å². The molecule has 6 nitrogen and oxygen atoms in total. The number of hydrogen-bond donors (Lipinski definition) is 2. The SMILES string of the molecule is O=C(NCCCCC1CCN(C(=O)C2CCCCC2)CC1)N1C=C2C=CNC=C2C1. The molecule has 3 heterocycles. The summed E-state index contributed by atoms with van der Waals surface area (Å²) in [4.78, 5) is 28.9. The summed E-state index contributed by atoms with van der Waals surface area (Å²) in [7, 11) is 0. The van der Waals surface area contributed by atoms with Crippen LogP contribution in [0.1, 0.15) is 64.2 Å². The summed E-state index contributed by atoms with van der Waals surface area (Å²) in [5, 5.41) is 6.12. The highest BCUT2D eigenvalue weighted by molar-refractivity contribution is 5.79. The number of rotatable bonds is 6. The van der Waals surface area contributed by atoms with E-state index in [2.05, 4.69) is 15.5 Å². The number of nitrogens with one attached hydrogen (secondary N) is 2. The lowest BCUT2D eigenvalue weighted by molar-refractivity contribution is -0.138. The first-order valence-corrected chi connectivity index (χ1v) is 11.9. The normalized spacial score (nSPS) is 22.3. The molecular formula is C24H36N4O2. The van der Waals surface area contributed by atoms with Gasteiger partial charge < -0.3 is 15.5 Å². The van der Waals surface area contributed by atoms with E-state index < -0.39 is 0 Å². The molecule has 0 aromatic rings. The van der Waals surface area contributed by atoms with Gasteiger partial charge in [0.1, 0.15) is 0 Å². The van der Waals surface area contributed by atoms with E-state index in [0.29, 0.717) is 18.4 Å². The maximum absolute atomic E-state index is 12.7. The van der Waals surface area contributed by atoms with Gasteiger partial charge in [0.15, 0.2) is 0 Å². The minimum Gasteiger partial charge on any atom is -0.367 e. The predicted octanol–water partition coefficient (Wildman–Crippen LogP) is 3.89. The Morgan fingerprint density at radius 2 is 1.87 bits per heavy atom. The zero-order valence-electron chi connectivity index (χ0n) is 18.1. The quantitative estimate of drug-likeness (QED) is 0.651. The molecule has 0 atom stereocenters. The number of allylic oxidation sites excluding steroid dienone is 1. The zero-order valence-corrected chi connectivity index (χ0v) is 18.1. The fraction of sp³-hybridized carbons (Fsp3) is 0.667. The van der Waals surface area contributed by atoms with Gasteiger partial charge in [-0.3, -0.25) is 9.69 Å². The van der Waals surface area contributed by atoms with E-state index in [9.17, 15) is 9.59 Å². The average molecular weight is 413 g/mol. The van der Waals surface area contributed by atoms with Crippen LogP contribution in [-0.4, -0.2) is 47.9 Å². The van der Waals surface area contributed by atoms with Crippen molar-refractivity contribution in [2.24, 2.45) is 11.8 Å². The van der Waals surface area contributed by atoms with Crippen LogP contribution < -0.4 is 10.6 Å². The summed E-state index contributed by atoms with van der Waals surface area (Å²) in [6.45, 7) is 3.25. The number of carbonyl (C=O) groups excluding carboxylic acids is 2. The number of hydrogen-bond acceptors (Lipinski definition) is 3. The van der Waals surface area contributed by atoms with Crippen molar-refractivity contribution in [2.75, 3.05) is 26.2 Å². The molecule has 0 aromatic heterocycles. The lowest BCUT2D eigenvalue weighted by Gasteiger charge is -2.35. The van der Waals surface area contributed by atoms with Crippen LogP contribution in [0.5, 0.6) is 0 Å². The molecule has 3 amide bonds. The molecule has 2 fully saturated rings. The van der Waals surface area contributed by atoms with Crippen LogP contribution in [-0.2, 0) is 4.79 Å². The maximum atomic E-state index is 12.7. The van der Waals surface area contributed by atoms with Crippen LogP contribution in [0.4, 0.5) is 4.79 Å². The third kappa shape index (κ3) is 5.27. The zero-order chi connectivity index (χ0) is 20.8. The summed E-state index contributed by atoms with van der Waals surface area (Å²) in [6, 6.07) is -0.0132. The van der Waals surface area contributed by atoms with E-state index >= 15 is 0 Å². The Bertz CT molecular complexity index is 713. The molecule has 164 valence electrons. The third-order valence-corrected chi connectivity index (χ3v) is 7.08. The van der Waals surface area contributed by atoms with Crippen LogP contribution in [0.15, 0.2) is 35.8 Å². The van der Waals surface area contributed by atoms with Gasteiger partial charge in [0.05, 0.1) is 6.54 Å². The Morgan fingerprint density at radius 1 is 1.07 bits per heavy atom. The average Bonchev–Trinajstić information content (AvgIpc) is 3.24. The molecule has 30 heavy (non-hydrogen) atoms. The predicted molar refractivity (Wildman–Crippen MR) is 118 cm³/mol. The number of urea groups is 1. The van der Waals surface area contributed by atoms with Gasteiger partial charge in [0.25, 0.3) is 0 Å². The van der Waals surface area contributed by atoms with Gasteiger partial charge in [-0.25, -0.2) is 4.79 Å². The largest absolute Gasteiger partial charge is 0.367 e. The summed E-state index contributed by atoms with van der Waals surface area (Å²) in [5.74, 6) is 1.46. The third-order valence-electron chi connectivity index (χ3n) is 7.08. The van der Waals surface area contributed by atoms with Crippen LogP contribution in [0.3, 0.4) is 0 Å². The molecule has 4 aliphatic rings. The van der Waals surface area contributed by atoms with Crippen molar-refractivity contribution in [1.29, 1.82) is 0 Å². The highest BCUT2D eigenvalue weighted by Gasteiger charge is 2.29. The molecule has 2 N–H and O–H groups in total. The molecule has 0 unspecified atom stereocenters. The molecular weight excluding hydrogens is 376 g/mol. The van der Waals surface area contributed by atoms with Crippen molar-refractivity contribution < 1.29 is 9.59 Å². The highest BCUT2D eigenvalue weighted by Crippen LogP contribution is 2.29. The van der Waals surface area contributed by atoms with Crippen molar-refractivity contribution >= 4 is 11.9 Å². The summed E-state index contributed by atoms with van der Waals surface area (Å²) in [6.07, 6.45) is 19.3. The molecule has 0 aromatic carbocycles. The Hall–Kier alpha value is -2.24. The molecule has 1 saturated heterocycles. The van der Waals surface area contributed by atoms with Crippen LogP contribution in [0.2, 0.25) is 0 Å². The van der Waals surface area contributed by atoms with Crippen molar-refractivity contribution in [1.82, 2.24) is 20.4 Å². The minimum absolute atomic E-state index is 0.0132. The number of piperidine rings is 1. The minimum atomic E-state index is -0.0132. The Morgan fingerprint density at radius 3 is 2.63 bits per heavy atom. The first-order valence-electron chi connectivity index (χ1n) is 11.9. The summed E-state index contributed by atoms with van der Waals surface area (Å²) in [5.41, 5.74) is 2.26. The molecule has 1 aliphatic carbocycles. The van der Waals surface area contributed by atoms with E-state index in [0.717, 1.165) is 75.2 Å². The molecule has 4 rings (SSSR count). The number of amides is 3. The van der Waals surface area contributed by atoms with Crippen molar-refractivity contribution in [3.05, 3.63) is 35.8 Å². The van der Waals surface area contributed by atoms with Gasteiger partial charge in [0.2, 0.25) is 5.91 Å². The second-order valence-corrected chi connectivity index (χ2v) is 9.21. The van der Waals surface area contributed by atoms with Gasteiger partial charge in [-0.15, -0.1) is 0 Å². The van der Waals surface area contributed by atoms with Gasteiger partial charge >= 0.3 is 6.03 Å². The van der Waals surface area contributed by atoms with E-state index in [1.165, 1.54) is 25.7 Å². The van der Waals surface area contributed by atoms with Crippen molar-refractivity contribution in [2.45, 2.75) is 64.2 Å². The highest BCUT2D eigenvalue weighted by atomic mass is 16.2. The van der Waals surface area contributed by atoms with Gasteiger partial charge in [-0.2, -0.15) is 0 Å². The number of nitrogens with zero attached hydrogens (tertiary/aromatic N) is 2. The van der Waals surface area contributed by atoms with Crippen LogP contribution in [0.25, 0.3) is 0 Å². The lowest BCUT2D eigenvalue weighted by atomic mass is 9.86. The first-order chi connectivity index (χ1) is 14.7. The molecule has 0 spiro atoms. The fourth-order valence-electron chi connectivity index (χ4n) is 5.17. The lowest BCUT2D eigenvalue weighted by Crippen LogP contribution is -2.42. The standard InChI is InChI=1S/C24H36N4O2/c29-23(20-7-2-1-3-8-20)27-14-10-19(11-15-27)6-4-5-12-26-24(30)28-17-21-9-13-25-16-22(21)18-28/h9,13,16-17,19-20,25H,1-8,10-12,14-15,18H2,(H,26,30). The molecule has 6 heteroatoms. The van der Waals surface area contributed by atoms with E-state index in [1.54, 1.807) is 4.90 Å². The van der Waals surface area contributed by atoms with Gasteiger partial charge in [0, 0.05) is 44.2 Å².